The molecule has 0 aromatic rings. The molecule has 7 nitrogen and oxygen atoms in total. The van der Waals surface area contributed by atoms with Gasteiger partial charge in [-0.25, -0.2) is 0 Å². The highest BCUT2D eigenvalue weighted by molar-refractivity contribution is 5.29. The van der Waals surface area contributed by atoms with Gasteiger partial charge in [0, 0.05) is 11.3 Å². The Morgan fingerprint density at radius 3 is 2.48 bits per heavy atom. The van der Waals surface area contributed by atoms with Crippen molar-refractivity contribution in [1.29, 1.82) is 0 Å². The first-order valence-corrected chi connectivity index (χ1v) is 11.0. The van der Waals surface area contributed by atoms with Gasteiger partial charge >= 0.3 is 0 Å². The summed E-state index contributed by atoms with van der Waals surface area (Å²) >= 11 is 0. The standard InChI is InChI=1S/C22H36O7/c1-4-5-7-11-14-12-8-6-9-21(14,2)22(3,18(11)27)19(12)29-20-17(26)16(25)15(24)13(10-23)28-20/h6,8,11-20,23-27H,4-5,7,9-10H2,1-3H3. The average molecular weight is 413 g/mol. The monoisotopic (exact) mass is 412 g/mol. The predicted molar refractivity (Wildman–Crippen MR) is 105 cm³/mol. The molecule has 12 unspecified atom stereocenters. The summed E-state index contributed by atoms with van der Waals surface area (Å²) < 4.78 is 11.9. The maximum Gasteiger partial charge on any atom is 0.187 e. The van der Waals surface area contributed by atoms with Crippen LogP contribution in [0.5, 0.6) is 0 Å². The van der Waals surface area contributed by atoms with Crippen LogP contribution in [0.2, 0.25) is 0 Å². The molecule has 1 saturated heterocycles. The summed E-state index contributed by atoms with van der Waals surface area (Å²) in [6.45, 7) is 5.99. The van der Waals surface area contributed by atoms with E-state index in [0.29, 0.717) is 0 Å². The van der Waals surface area contributed by atoms with Crippen molar-refractivity contribution in [3.8, 4) is 0 Å². The first-order valence-electron chi connectivity index (χ1n) is 11.0. The number of hydrogen-bond donors (Lipinski definition) is 5. The van der Waals surface area contributed by atoms with E-state index < -0.39 is 48.8 Å². The Labute approximate surface area is 172 Å². The normalized spacial score (nSPS) is 56.1. The van der Waals surface area contributed by atoms with Gasteiger partial charge in [-0.3, -0.25) is 0 Å². The lowest BCUT2D eigenvalue weighted by Gasteiger charge is -2.47. The number of hydrogen-bond acceptors (Lipinski definition) is 7. The summed E-state index contributed by atoms with van der Waals surface area (Å²) in [6.07, 6.45) is 1.00. The maximum atomic E-state index is 11.4. The fourth-order valence-corrected chi connectivity index (χ4v) is 6.98. The topological polar surface area (TPSA) is 120 Å². The van der Waals surface area contributed by atoms with E-state index in [2.05, 4.69) is 32.9 Å². The van der Waals surface area contributed by atoms with E-state index >= 15 is 0 Å². The second-order valence-electron chi connectivity index (χ2n) is 9.94. The van der Waals surface area contributed by atoms with Crippen molar-refractivity contribution in [1.82, 2.24) is 0 Å². The van der Waals surface area contributed by atoms with E-state index in [1.165, 1.54) is 0 Å². The summed E-state index contributed by atoms with van der Waals surface area (Å²) in [4.78, 5) is 0. The molecular formula is C22H36O7. The molecule has 0 spiro atoms. The van der Waals surface area contributed by atoms with Gasteiger partial charge in [0.25, 0.3) is 0 Å². The number of unbranched alkanes of at least 4 members (excludes halogenated alkanes) is 1. The predicted octanol–water partition coefficient (Wildman–Crippen LogP) is 0.571. The minimum atomic E-state index is -1.47. The second-order valence-corrected chi connectivity index (χ2v) is 9.94. The fourth-order valence-electron chi connectivity index (χ4n) is 6.98. The van der Waals surface area contributed by atoms with Crippen LogP contribution in [0.25, 0.3) is 0 Å². The Morgan fingerprint density at radius 1 is 1.10 bits per heavy atom. The van der Waals surface area contributed by atoms with E-state index in [4.69, 9.17) is 9.47 Å². The molecule has 29 heavy (non-hydrogen) atoms. The number of rotatable bonds is 6. The third-order valence-corrected chi connectivity index (χ3v) is 8.72. The average Bonchev–Trinajstić information content (AvgIpc) is 2.93. The van der Waals surface area contributed by atoms with E-state index in [1.54, 1.807) is 0 Å². The lowest BCUT2D eigenvalue weighted by Crippen LogP contribution is -2.61. The van der Waals surface area contributed by atoms with Crippen molar-refractivity contribution in [3.63, 3.8) is 0 Å². The summed E-state index contributed by atoms with van der Waals surface area (Å²) in [5, 5.41) is 51.5. The highest BCUT2D eigenvalue weighted by Gasteiger charge is 2.76. The molecule has 5 N–H and O–H groups in total. The first kappa shape index (κ1) is 21.7. The van der Waals surface area contributed by atoms with E-state index in [1.807, 2.05) is 0 Å². The number of ether oxygens (including phenoxy) is 2. The van der Waals surface area contributed by atoms with Crippen LogP contribution >= 0.6 is 0 Å². The van der Waals surface area contributed by atoms with Crippen molar-refractivity contribution >= 4 is 0 Å². The van der Waals surface area contributed by atoms with Crippen LogP contribution in [0.15, 0.2) is 12.2 Å². The Bertz CT molecular complexity index is 639. The minimum absolute atomic E-state index is 0.0939. The molecular weight excluding hydrogens is 376 g/mol. The molecule has 4 rings (SSSR count). The molecule has 166 valence electrons. The molecule has 12 atom stereocenters. The van der Waals surface area contributed by atoms with Crippen molar-refractivity contribution < 1.29 is 35.0 Å². The molecule has 4 aliphatic rings. The van der Waals surface area contributed by atoms with Gasteiger partial charge in [-0.15, -0.1) is 0 Å². The lowest BCUT2D eigenvalue weighted by molar-refractivity contribution is -0.326. The van der Waals surface area contributed by atoms with Crippen LogP contribution in [-0.4, -0.2) is 75.1 Å². The van der Waals surface area contributed by atoms with E-state index in [0.717, 1.165) is 25.7 Å². The van der Waals surface area contributed by atoms with Gasteiger partial charge in [0.2, 0.25) is 0 Å². The Hall–Kier alpha value is -0.540. The summed E-state index contributed by atoms with van der Waals surface area (Å²) in [7, 11) is 0. The highest BCUT2D eigenvalue weighted by Crippen LogP contribution is 2.74. The van der Waals surface area contributed by atoms with Gasteiger partial charge in [0.05, 0.1) is 18.8 Å². The van der Waals surface area contributed by atoms with Crippen molar-refractivity contribution in [3.05, 3.63) is 12.2 Å². The van der Waals surface area contributed by atoms with Crippen LogP contribution in [0.4, 0.5) is 0 Å². The molecule has 0 amide bonds. The first-order chi connectivity index (χ1) is 13.7. The molecule has 0 aromatic heterocycles. The van der Waals surface area contributed by atoms with Crippen LogP contribution < -0.4 is 0 Å². The van der Waals surface area contributed by atoms with Gasteiger partial charge in [0.15, 0.2) is 6.29 Å². The fraction of sp³-hybridized carbons (Fsp3) is 0.909. The van der Waals surface area contributed by atoms with Gasteiger partial charge in [-0.2, -0.15) is 0 Å². The van der Waals surface area contributed by atoms with Crippen molar-refractivity contribution in [2.24, 2.45) is 28.6 Å². The maximum absolute atomic E-state index is 11.4. The second kappa shape index (κ2) is 7.55. The number of aliphatic hydroxyl groups is 5. The Kier molecular flexibility index (Phi) is 5.65. The minimum Gasteiger partial charge on any atom is -0.394 e. The van der Waals surface area contributed by atoms with Crippen LogP contribution in [0.1, 0.15) is 46.5 Å². The highest BCUT2D eigenvalue weighted by atomic mass is 16.7. The molecule has 3 fully saturated rings. The lowest BCUT2D eigenvalue weighted by atomic mass is 9.65. The zero-order valence-corrected chi connectivity index (χ0v) is 17.5. The van der Waals surface area contributed by atoms with Crippen molar-refractivity contribution in [2.45, 2.75) is 89.4 Å². The van der Waals surface area contributed by atoms with E-state index in [9.17, 15) is 25.5 Å². The summed E-state index contributed by atoms with van der Waals surface area (Å²) in [5.74, 6) is 0.597. The van der Waals surface area contributed by atoms with Gasteiger partial charge < -0.3 is 35.0 Å². The molecule has 7 heteroatoms. The van der Waals surface area contributed by atoms with Crippen LogP contribution in [0.3, 0.4) is 0 Å². The SMILES string of the molecule is CCCCC1C2C3C=CCC2(C)C(C)(C1O)C3OC1OC(CO)C(O)C(O)C1O. The largest absolute Gasteiger partial charge is 0.394 e. The van der Waals surface area contributed by atoms with Crippen LogP contribution in [0, 0.1) is 28.6 Å². The molecule has 2 saturated carbocycles. The number of aliphatic hydroxyl groups excluding tert-OH is 5. The van der Waals surface area contributed by atoms with Gasteiger partial charge in [0.1, 0.15) is 24.4 Å². The quantitative estimate of drug-likeness (QED) is 0.405. The van der Waals surface area contributed by atoms with E-state index in [-0.39, 0.29) is 29.3 Å². The summed E-state index contributed by atoms with van der Waals surface area (Å²) in [5.41, 5.74) is -0.647. The molecule has 1 heterocycles. The molecule has 0 aromatic carbocycles. The molecule has 0 radical (unpaired) electrons. The van der Waals surface area contributed by atoms with Crippen LogP contribution in [-0.2, 0) is 9.47 Å². The zero-order chi connectivity index (χ0) is 21.1. The third kappa shape index (κ3) is 2.82. The number of allylic oxidation sites excluding steroid dienone is 1. The smallest absolute Gasteiger partial charge is 0.187 e. The van der Waals surface area contributed by atoms with Crippen molar-refractivity contribution in [2.75, 3.05) is 6.61 Å². The molecule has 3 aliphatic carbocycles. The zero-order valence-electron chi connectivity index (χ0n) is 17.5. The Morgan fingerprint density at radius 2 is 1.83 bits per heavy atom. The third-order valence-electron chi connectivity index (χ3n) is 8.72. The van der Waals surface area contributed by atoms with Gasteiger partial charge in [-0.1, -0.05) is 45.8 Å². The molecule has 1 aliphatic heterocycles. The molecule has 4 bridgehead atoms. The summed E-state index contributed by atoms with van der Waals surface area (Å²) in [6, 6.07) is 0. The Balaban J connectivity index is 1.62. The van der Waals surface area contributed by atoms with Gasteiger partial charge in [-0.05, 0) is 30.1 Å².